The van der Waals surface area contributed by atoms with Crippen molar-refractivity contribution in [1.82, 2.24) is 15.0 Å². The highest BCUT2D eigenvalue weighted by Gasteiger charge is 2.59. The van der Waals surface area contributed by atoms with Crippen LogP contribution in [0.5, 0.6) is 5.75 Å². The van der Waals surface area contributed by atoms with Crippen LogP contribution in [0.1, 0.15) is 34.4 Å². The van der Waals surface area contributed by atoms with Crippen molar-refractivity contribution in [3.63, 3.8) is 0 Å². The quantitative estimate of drug-likeness (QED) is 0.312. The number of rotatable bonds is 8. The number of aliphatic hydroxyl groups is 1. The Labute approximate surface area is 201 Å². The zero-order chi connectivity index (χ0) is 25.9. The number of hydrogen-bond donors (Lipinski definition) is 1. The van der Waals surface area contributed by atoms with Crippen LogP contribution in [0.25, 0.3) is 0 Å². The van der Waals surface area contributed by atoms with E-state index in [0.717, 1.165) is 43.1 Å². The molecule has 2 aromatic carbocycles. The number of hydrogen-bond acceptors (Lipinski definition) is 5. The lowest BCUT2D eigenvalue weighted by atomic mass is 9.80. The third-order valence-corrected chi connectivity index (χ3v) is 5.45. The maximum atomic E-state index is 15.8. The Morgan fingerprint density at radius 1 is 0.889 bits per heavy atom. The fraction of sp³-hybridized carbons (Fsp3) is 0.160. The second-order valence-corrected chi connectivity index (χ2v) is 7.75. The number of aromatic nitrogens is 3. The van der Waals surface area contributed by atoms with Gasteiger partial charge in [0.2, 0.25) is 0 Å². The number of pyridine rings is 1. The maximum absolute atomic E-state index is 15.8. The molecule has 4 aromatic rings. The summed E-state index contributed by atoms with van der Waals surface area (Å²) in [5.74, 6) is -6.58. The van der Waals surface area contributed by atoms with Crippen molar-refractivity contribution in [2.75, 3.05) is 0 Å². The second kappa shape index (κ2) is 9.94. The third kappa shape index (κ3) is 4.74. The SMILES string of the molecule is OC(c1cncnc1)(c1ccc(F)cc1F)C(F)(F)c1ccc(OCc2ccc(C(F)F)cc2)cn1. The van der Waals surface area contributed by atoms with Crippen LogP contribution in [-0.2, 0) is 18.1 Å². The molecule has 0 amide bonds. The van der Waals surface area contributed by atoms with Crippen LogP contribution in [0.2, 0.25) is 0 Å². The minimum absolute atomic E-state index is 0.0486. The van der Waals surface area contributed by atoms with Crippen LogP contribution < -0.4 is 4.74 Å². The number of nitrogens with zero attached hydrogens (tertiary/aromatic N) is 3. The lowest BCUT2D eigenvalue weighted by Crippen LogP contribution is -2.45. The zero-order valence-electron chi connectivity index (χ0n) is 18.3. The number of benzene rings is 2. The Morgan fingerprint density at radius 2 is 1.58 bits per heavy atom. The molecule has 2 heterocycles. The summed E-state index contributed by atoms with van der Waals surface area (Å²) in [5, 5.41) is 11.3. The Hall–Kier alpha value is -3.99. The van der Waals surface area contributed by atoms with Gasteiger partial charge < -0.3 is 9.84 Å². The molecule has 0 spiro atoms. The molecule has 11 heteroatoms. The summed E-state index contributed by atoms with van der Waals surface area (Å²) in [7, 11) is 0. The molecule has 1 atom stereocenters. The molecule has 0 aliphatic rings. The molecule has 0 radical (unpaired) electrons. The Bertz CT molecular complexity index is 1320. The van der Waals surface area contributed by atoms with Crippen LogP contribution in [-0.4, -0.2) is 20.1 Å². The van der Waals surface area contributed by atoms with Gasteiger partial charge in [0, 0.05) is 35.2 Å². The van der Waals surface area contributed by atoms with Gasteiger partial charge in [0.1, 0.15) is 36.0 Å². The molecule has 0 saturated heterocycles. The van der Waals surface area contributed by atoms with Crippen LogP contribution in [0.15, 0.2) is 79.5 Å². The van der Waals surface area contributed by atoms with E-state index < -0.39 is 46.4 Å². The summed E-state index contributed by atoms with van der Waals surface area (Å²) < 4.78 is 90.5. The number of halogens is 6. The van der Waals surface area contributed by atoms with Gasteiger partial charge in [0.05, 0.1) is 6.20 Å². The zero-order valence-corrected chi connectivity index (χ0v) is 18.3. The second-order valence-electron chi connectivity index (χ2n) is 7.75. The fourth-order valence-corrected chi connectivity index (χ4v) is 3.54. The Morgan fingerprint density at radius 3 is 2.17 bits per heavy atom. The largest absolute Gasteiger partial charge is 0.487 e. The molecule has 1 unspecified atom stereocenters. The van der Waals surface area contributed by atoms with Crippen molar-refractivity contribution in [1.29, 1.82) is 0 Å². The monoisotopic (exact) mass is 505 g/mol. The van der Waals surface area contributed by atoms with Crippen molar-refractivity contribution in [3.05, 3.63) is 119 Å². The first-order chi connectivity index (χ1) is 17.1. The Balaban J connectivity index is 1.63. The van der Waals surface area contributed by atoms with Crippen molar-refractivity contribution in [2.45, 2.75) is 24.6 Å². The molecule has 0 aliphatic heterocycles. The fourth-order valence-electron chi connectivity index (χ4n) is 3.54. The molecule has 186 valence electrons. The highest BCUT2D eigenvalue weighted by atomic mass is 19.3. The molecule has 4 rings (SSSR count). The van der Waals surface area contributed by atoms with E-state index in [1.165, 1.54) is 24.3 Å². The van der Waals surface area contributed by atoms with Crippen molar-refractivity contribution in [3.8, 4) is 5.75 Å². The molecule has 1 N–H and O–H groups in total. The molecule has 5 nitrogen and oxygen atoms in total. The van der Waals surface area contributed by atoms with Crippen LogP contribution in [0.4, 0.5) is 26.3 Å². The van der Waals surface area contributed by atoms with Crippen LogP contribution in [0.3, 0.4) is 0 Å². The van der Waals surface area contributed by atoms with Gasteiger partial charge in [-0.2, -0.15) is 8.78 Å². The normalized spacial score (nSPS) is 13.4. The van der Waals surface area contributed by atoms with Gasteiger partial charge in [-0.15, -0.1) is 0 Å². The highest BCUT2D eigenvalue weighted by Crippen LogP contribution is 2.49. The number of ether oxygens (including phenoxy) is 1. The molecule has 36 heavy (non-hydrogen) atoms. The summed E-state index contributed by atoms with van der Waals surface area (Å²) in [4.78, 5) is 11.0. The summed E-state index contributed by atoms with van der Waals surface area (Å²) in [6.45, 7) is -0.0486. The van der Waals surface area contributed by atoms with E-state index in [1.54, 1.807) is 0 Å². The van der Waals surface area contributed by atoms with Gasteiger partial charge in [-0.05, 0) is 29.8 Å². The van der Waals surface area contributed by atoms with Gasteiger partial charge in [0.15, 0.2) is 5.60 Å². The summed E-state index contributed by atoms with van der Waals surface area (Å²) in [6.07, 6.45) is 1.18. The molecule has 0 saturated carbocycles. The molecule has 0 fully saturated rings. The third-order valence-electron chi connectivity index (χ3n) is 5.45. The van der Waals surface area contributed by atoms with Crippen molar-refractivity contribution >= 4 is 0 Å². The topological polar surface area (TPSA) is 68.1 Å². The average Bonchev–Trinajstić information content (AvgIpc) is 2.88. The van der Waals surface area contributed by atoms with Gasteiger partial charge in [0.25, 0.3) is 6.43 Å². The molecular formula is C25H17F6N3O2. The smallest absolute Gasteiger partial charge is 0.326 e. The van der Waals surface area contributed by atoms with E-state index >= 15 is 8.78 Å². The number of alkyl halides is 4. The minimum Gasteiger partial charge on any atom is -0.487 e. The first-order valence-electron chi connectivity index (χ1n) is 10.4. The highest BCUT2D eigenvalue weighted by molar-refractivity contribution is 5.40. The summed E-state index contributed by atoms with van der Waals surface area (Å²) in [6, 6.07) is 9.23. The summed E-state index contributed by atoms with van der Waals surface area (Å²) in [5.41, 5.74) is -5.33. The van der Waals surface area contributed by atoms with Gasteiger partial charge >= 0.3 is 5.92 Å². The van der Waals surface area contributed by atoms with E-state index in [2.05, 4.69) is 15.0 Å². The van der Waals surface area contributed by atoms with Gasteiger partial charge in [-0.3, -0.25) is 4.98 Å². The van der Waals surface area contributed by atoms with Crippen molar-refractivity contribution in [2.24, 2.45) is 0 Å². The van der Waals surface area contributed by atoms with E-state index in [9.17, 15) is 22.7 Å². The molecule has 0 bridgehead atoms. The average molecular weight is 505 g/mol. The lowest BCUT2D eigenvalue weighted by Gasteiger charge is -2.36. The first-order valence-corrected chi connectivity index (χ1v) is 10.4. The Kier molecular flexibility index (Phi) is 6.93. The first kappa shape index (κ1) is 25.1. The van der Waals surface area contributed by atoms with Crippen LogP contribution in [0, 0.1) is 11.6 Å². The van der Waals surface area contributed by atoms with E-state index in [-0.39, 0.29) is 17.9 Å². The van der Waals surface area contributed by atoms with Gasteiger partial charge in [-0.25, -0.2) is 27.5 Å². The van der Waals surface area contributed by atoms with E-state index in [0.29, 0.717) is 17.7 Å². The van der Waals surface area contributed by atoms with Crippen molar-refractivity contribution < 1.29 is 36.2 Å². The van der Waals surface area contributed by atoms with E-state index in [1.807, 2.05) is 0 Å². The predicted octanol–water partition coefficient (Wildman–Crippen LogP) is 5.69. The maximum Gasteiger partial charge on any atom is 0.326 e. The minimum atomic E-state index is -4.24. The van der Waals surface area contributed by atoms with E-state index in [4.69, 9.17) is 4.74 Å². The van der Waals surface area contributed by atoms with Crippen LogP contribution >= 0.6 is 0 Å². The predicted molar refractivity (Wildman–Crippen MR) is 115 cm³/mol. The summed E-state index contributed by atoms with van der Waals surface area (Å²) >= 11 is 0. The molecular weight excluding hydrogens is 488 g/mol. The molecule has 2 aromatic heterocycles. The van der Waals surface area contributed by atoms with Gasteiger partial charge in [-0.1, -0.05) is 24.3 Å². The lowest BCUT2D eigenvalue weighted by molar-refractivity contribution is -0.175. The molecule has 0 aliphatic carbocycles. The standard InChI is InChI=1S/C25H17F6N3O2/c26-18-5-7-20(21(27)9-18)24(35,17-10-32-14-33-11-17)25(30,31)22-8-6-19(12-34-22)36-13-15-1-3-16(4-2-15)23(28)29/h1-12,14,23,35H,13H2.